The Morgan fingerprint density at radius 2 is 1.62 bits per heavy atom. The Morgan fingerprint density at radius 3 is 2.26 bits per heavy atom. The molecule has 0 aliphatic carbocycles. The van der Waals surface area contributed by atoms with Crippen molar-refractivity contribution >= 4 is 22.4 Å². The van der Waals surface area contributed by atoms with Gasteiger partial charge in [0.05, 0.1) is 16.6 Å². The minimum absolute atomic E-state index is 0.00105. The molecule has 2 N–H and O–H groups in total. The Bertz CT molecular complexity index is 1400. The Kier molecular flexibility index (Phi) is 5.97. The van der Waals surface area contributed by atoms with Crippen LogP contribution in [-0.2, 0) is 23.0 Å². The predicted octanol–water partition coefficient (Wildman–Crippen LogP) is 4.58. The van der Waals surface area contributed by atoms with Crippen molar-refractivity contribution in [3.05, 3.63) is 106 Å². The van der Waals surface area contributed by atoms with Crippen LogP contribution >= 0.6 is 0 Å². The van der Waals surface area contributed by atoms with Gasteiger partial charge in [0, 0.05) is 17.5 Å². The fourth-order valence-electron chi connectivity index (χ4n) is 3.68. The molecule has 0 bridgehead atoms. The SMILES string of the molecule is Cc1noc(=O)c2ccc(NC(=O)C(O)(Cc3ccccc3)c3ccc(C(F)(F)F)cc3)cc12. The molecule has 4 rings (SSSR count). The van der Waals surface area contributed by atoms with Gasteiger partial charge in [-0.15, -0.1) is 0 Å². The highest BCUT2D eigenvalue weighted by atomic mass is 19.4. The highest BCUT2D eigenvalue weighted by Crippen LogP contribution is 2.33. The van der Waals surface area contributed by atoms with Gasteiger partial charge in [0.2, 0.25) is 0 Å². The molecule has 1 aromatic heterocycles. The van der Waals surface area contributed by atoms with Gasteiger partial charge in [-0.3, -0.25) is 4.79 Å². The van der Waals surface area contributed by atoms with Gasteiger partial charge in [-0.25, -0.2) is 4.79 Å². The normalized spacial score (nSPS) is 13.4. The molecular formula is C25H19F3N2O4. The average Bonchev–Trinajstić information content (AvgIpc) is 2.81. The number of nitrogens with zero attached hydrogens (tertiary/aromatic N) is 1. The molecule has 9 heteroatoms. The van der Waals surface area contributed by atoms with Crippen molar-refractivity contribution in [1.29, 1.82) is 0 Å². The molecule has 174 valence electrons. The van der Waals surface area contributed by atoms with Gasteiger partial charge in [-0.1, -0.05) is 47.6 Å². The predicted molar refractivity (Wildman–Crippen MR) is 119 cm³/mol. The number of aromatic nitrogens is 1. The fraction of sp³-hybridized carbons (Fsp3) is 0.160. The van der Waals surface area contributed by atoms with Crippen molar-refractivity contribution in [3.8, 4) is 0 Å². The van der Waals surface area contributed by atoms with Crippen LogP contribution in [0.1, 0.15) is 22.4 Å². The van der Waals surface area contributed by atoms with E-state index in [2.05, 4.69) is 10.5 Å². The number of aliphatic hydroxyl groups is 1. The van der Waals surface area contributed by atoms with Crippen LogP contribution in [0, 0.1) is 6.92 Å². The van der Waals surface area contributed by atoms with E-state index in [1.54, 1.807) is 37.3 Å². The lowest BCUT2D eigenvalue weighted by Crippen LogP contribution is -2.42. The Hall–Kier alpha value is -3.98. The van der Waals surface area contributed by atoms with Crippen LogP contribution in [0.15, 0.2) is 82.1 Å². The molecule has 0 spiro atoms. The summed E-state index contributed by atoms with van der Waals surface area (Å²) in [5, 5.41) is 18.5. The number of aryl methyl sites for hydroxylation is 1. The Balaban J connectivity index is 1.72. The first-order chi connectivity index (χ1) is 16.1. The number of alkyl halides is 3. The van der Waals surface area contributed by atoms with E-state index in [0.717, 1.165) is 24.3 Å². The van der Waals surface area contributed by atoms with Crippen LogP contribution in [0.4, 0.5) is 18.9 Å². The number of fused-ring (bicyclic) bond motifs is 1. The number of nitrogens with one attached hydrogen (secondary N) is 1. The second-order valence-electron chi connectivity index (χ2n) is 7.87. The summed E-state index contributed by atoms with van der Waals surface area (Å²) in [6.07, 6.45) is -4.73. The molecule has 0 radical (unpaired) electrons. The molecule has 1 unspecified atom stereocenters. The number of amides is 1. The summed E-state index contributed by atoms with van der Waals surface area (Å²) in [6, 6.07) is 16.9. The van der Waals surface area contributed by atoms with Gasteiger partial charge in [0.25, 0.3) is 5.91 Å². The van der Waals surface area contributed by atoms with E-state index in [1.165, 1.54) is 18.2 Å². The van der Waals surface area contributed by atoms with Crippen LogP contribution < -0.4 is 10.9 Å². The van der Waals surface area contributed by atoms with Gasteiger partial charge in [0.15, 0.2) is 5.60 Å². The molecule has 0 aliphatic heterocycles. The number of carbonyl (C=O) groups excluding carboxylic acids is 1. The molecule has 1 heterocycles. The minimum Gasteiger partial charge on any atom is -0.375 e. The minimum atomic E-state index is -4.55. The van der Waals surface area contributed by atoms with Gasteiger partial charge in [-0.2, -0.15) is 13.2 Å². The fourth-order valence-corrected chi connectivity index (χ4v) is 3.68. The Labute approximate surface area is 191 Å². The van der Waals surface area contributed by atoms with Crippen LogP contribution in [0.25, 0.3) is 10.8 Å². The number of anilines is 1. The second kappa shape index (κ2) is 8.75. The zero-order valence-corrected chi connectivity index (χ0v) is 17.9. The zero-order chi connectivity index (χ0) is 24.5. The van der Waals surface area contributed by atoms with Crippen LogP contribution in [0.2, 0.25) is 0 Å². The van der Waals surface area contributed by atoms with Crippen molar-refractivity contribution in [1.82, 2.24) is 5.16 Å². The van der Waals surface area contributed by atoms with E-state index < -0.39 is 28.9 Å². The van der Waals surface area contributed by atoms with E-state index in [4.69, 9.17) is 4.52 Å². The summed E-state index contributed by atoms with van der Waals surface area (Å²) >= 11 is 0. The summed E-state index contributed by atoms with van der Waals surface area (Å²) in [7, 11) is 0. The zero-order valence-electron chi connectivity index (χ0n) is 17.9. The topological polar surface area (TPSA) is 92.4 Å². The molecule has 0 saturated carbocycles. The molecule has 3 aromatic carbocycles. The highest BCUT2D eigenvalue weighted by molar-refractivity contribution is 6.00. The lowest BCUT2D eigenvalue weighted by atomic mass is 9.85. The molecule has 1 amide bonds. The molecule has 0 fully saturated rings. The number of benzene rings is 3. The smallest absolute Gasteiger partial charge is 0.375 e. The summed E-state index contributed by atoms with van der Waals surface area (Å²) in [5.74, 6) is -0.843. The quantitative estimate of drug-likeness (QED) is 0.447. The molecule has 34 heavy (non-hydrogen) atoms. The standard InChI is InChI=1S/C25H19F3N2O4/c1-15-21-13-19(11-12-20(21)22(31)34-30-15)29-23(32)24(33,14-16-5-3-2-4-6-16)17-7-9-18(10-8-17)25(26,27)28/h2-13,33H,14H2,1H3,(H,29,32). The first kappa shape index (κ1) is 23.2. The third kappa shape index (κ3) is 4.55. The van der Waals surface area contributed by atoms with Crippen LogP contribution in [0.3, 0.4) is 0 Å². The molecule has 6 nitrogen and oxygen atoms in total. The third-order valence-electron chi connectivity index (χ3n) is 5.52. The van der Waals surface area contributed by atoms with Gasteiger partial charge in [-0.05, 0) is 48.4 Å². The first-order valence-electron chi connectivity index (χ1n) is 10.2. The van der Waals surface area contributed by atoms with E-state index >= 15 is 0 Å². The van der Waals surface area contributed by atoms with E-state index in [0.29, 0.717) is 16.6 Å². The number of halogens is 3. The maximum Gasteiger partial charge on any atom is 0.416 e. The maximum absolute atomic E-state index is 13.3. The van der Waals surface area contributed by atoms with Crippen molar-refractivity contribution in [2.75, 3.05) is 5.32 Å². The van der Waals surface area contributed by atoms with Crippen molar-refractivity contribution < 1.29 is 27.6 Å². The summed E-state index contributed by atoms with van der Waals surface area (Å²) in [6.45, 7) is 1.63. The lowest BCUT2D eigenvalue weighted by Gasteiger charge is -2.28. The van der Waals surface area contributed by atoms with Gasteiger partial charge in [0.1, 0.15) is 0 Å². The van der Waals surface area contributed by atoms with Crippen molar-refractivity contribution in [2.24, 2.45) is 0 Å². The molecule has 0 saturated heterocycles. The van der Waals surface area contributed by atoms with Crippen molar-refractivity contribution in [3.63, 3.8) is 0 Å². The van der Waals surface area contributed by atoms with E-state index in [9.17, 15) is 27.9 Å². The average molecular weight is 468 g/mol. The molecule has 1 atom stereocenters. The van der Waals surface area contributed by atoms with Crippen molar-refractivity contribution in [2.45, 2.75) is 25.1 Å². The second-order valence-corrected chi connectivity index (χ2v) is 7.87. The molecular weight excluding hydrogens is 449 g/mol. The number of hydrogen-bond acceptors (Lipinski definition) is 5. The Morgan fingerprint density at radius 1 is 0.971 bits per heavy atom. The summed E-state index contributed by atoms with van der Waals surface area (Å²) in [4.78, 5) is 25.2. The van der Waals surface area contributed by atoms with E-state index in [-0.39, 0.29) is 23.1 Å². The summed E-state index contributed by atoms with van der Waals surface area (Å²) in [5.41, 5.74) is -2.40. The maximum atomic E-state index is 13.3. The van der Waals surface area contributed by atoms with E-state index in [1.807, 2.05) is 0 Å². The monoisotopic (exact) mass is 468 g/mol. The number of carbonyl (C=O) groups is 1. The summed E-state index contributed by atoms with van der Waals surface area (Å²) < 4.78 is 43.8. The van der Waals surface area contributed by atoms with Crippen LogP contribution in [0.5, 0.6) is 0 Å². The first-order valence-corrected chi connectivity index (χ1v) is 10.2. The highest BCUT2D eigenvalue weighted by Gasteiger charge is 2.39. The molecule has 0 aliphatic rings. The number of rotatable bonds is 5. The third-order valence-corrected chi connectivity index (χ3v) is 5.52. The molecule has 4 aromatic rings. The van der Waals surface area contributed by atoms with Gasteiger partial charge >= 0.3 is 11.8 Å². The van der Waals surface area contributed by atoms with Gasteiger partial charge < -0.3 is 14.9 Å². The van der Waals surface area contributed by atoms with Crippen LogP contribution in [-0.4, -0.2) is 16.2 Å². The largest absolute Gasteiger partial charge is 0.416 e. The lowest BCUT2D eigenvalue weighted by molar-refractivity contribution is -0.137. The number of hydrogen-bond donors (Lipinski definition) is 2.